The number of carbonyl (C=O) groups excluding carboxylic acids is 3. The number of nitrogens with zero attached hydrogens (tertiary/aromatic N) is 2. The van der Waals surface area contributed by atoms with E-state index in [1.165, 1.54) is 10.5 Å². The van der Waals surface area contributed by atoms with Crippen LogP contribution in [0.15, 0.2) is 54.6 Å². The van der Waals surface area contributed by atoms with E-state index in [1.54, 1.807) is 6.92 Å². The van der Waals surface area contributed by atoms with Gasteiger partial charge in [0.1, 0.15) is 12.2 Å². The van der Waals surface area contributed by atoms with E-state index in [0.717, 1.165) is 24.0 Å². The minimum atomic E-state index is -1.23. The Morgan fingerprint density at radius 1 is 0.868 bits per heavy atom. The molecular formula is C31H38FN3O3. The molecule has 202 valence electrons. The van der Waals surface area contributed by atoms with Crippen molar-refractivity contribution in [2.24, 2.45) is 5.92 Å². The summed E-state index contributed by atoms with van der Waals surface area (Å²) in [4.78, 5) is 42.8. The number of nitrogens with one attached hydrogen (secondary N) is 1. The second-order valence-electron chi connectivity index (χ2n) is 11.5. The molecule has 3 amide bonds. The summed E-state index contributed by atoms with van der Waals surface area (Å²) >= 11 is 0. The highest BCUT2D eigenvalue weighted by Gasteiger charge is 2.48. The molecule has 3 fully saturated rings. The van der Waals surface area contributed by atoms with Gasteiger partial charge in [0, 0.05) is 31.3 Å². The zero-order valence-electron chi connectivity index (χ0n) is 22.5. The molecule has 2 aromatic rings. The number of hydrogen-bond donors (Lipinski definition) is 1. The largest absolute Gasteiger partial charge is 0.343 e. The van der Waals surface area contributed by atoms with Crippen molar-refractivity contribution in [3.8, 4) is 0 Å². The van der Waals surface area contributed by atoms with Gasteiger partial charge in [0.05, 0.1) is 12.6 Å². The zero-order chi connectivity index (χ0) is 27.0. The first kappa shape index (κ1) is 26.4. The number of halogens is 1. The van der Waals surface area contributed by atoms with Crippen molar-refractivity contribution in [1.29, 1.82) is 0 Å². The van der Waals surface area contributed by atoms with Gasteiger partial charge in [-0.3, -0.25) is 14.4 Å². The smallest absolute Gasteiger partial charge is 0.243 e. The van der Waals surface area contributed by atoms with Crippen molar-refractivity contribution in [3.63, 3.8) is 0 Å². The summed E-state index contributed by atoms with van der Waals surface area (Å²) in [5.41, 5.74) is 3.08. The van der Waals surface area contributed by atoms with E-state index in [0.29, 0.717) is 18.8 Å². The molecule has 0 aromatic heterocycles. The van der Waals surface area contributed by atoms with Crippen LogP contribution in [0.1, 0.15) is 81.5 Å². The molecule has 3 aliphatic heterocycles. The van der Waals surface area contributed by atoms with Crippen LogP contribution in [-0.2, 0) is 14.4 Å². The van der Waals surface area contributed by atoms with Gasteiger partial charge >= 0.3 is 0 Å². The van der Waals surface area contributed by atoms with Gasteiger partial charge in [0.15, 0.2) is 0 Å². The number of benzene rings is 2. The molecule has 3 aliphatic rings. The minimum Gasteiger partial charge on any atom is -0.343 e. The molecule has 3 saturated heterocycles. The molecule has 0 saturated carbocycles. The number of carbonyl (C=O) groups is 3. The number of piperidine rings is 1. The predicted octanol–water partition coefficient (Wildman–Crippen LogP) is 4.74. The second-order valence-corrected chi connectivity index (χ2v) is 11.5. The van der Waals surface area contributed by atoms with Crippen LogP contribution in [0.3, 0.4) is 0 Å². The topological polar surface area (TPSA) is 69.7 Å². The van der Waals surface area contributed by atoms with Crippen LogP contribution >= 0.6 is 0 Å². The maximum atomic E-state index is 14.7. The van der Waals surface area contributed by atoms with Gasteiger partial charge in [-0.15, -0.1) is 0 Å². The van der Waals surface area contributed by atoms with Crippen LogP contribution < -0.4 is 5.32 Å². The average molecular weight is 520 g/mol. The molecule has 3 heterocycles. The Labute approximate surface area is 224 Å². The highest BCUT2D eigenvalue weighted by atomic mass is 19.1. The lowest BCUT2D eigenvalue weighted by Gasteiger charge is -2.39. The SMILES string of the molecule is CC(=O)N1C2CCC1CC(C(=O)N1C[C@H](F)C[C@H]1C(=O)N[C@@H](c1ccccc1)c1ccc(C(C)C)cc1)C2. The van der Waals surface area contributed by atoms with Gasteiger partial charge < -0.3 is 15.1 Å². The molecule has 2 unspecified atom stereocenters. The third-order valence-electron chi connectivity index (χ3n) is 8.64. The molecule has 1 N–H and O–H groups in total. The van der Waals surface area contributed by atoms with E-state index < -0.39 is 18.3 Å². The van der Waals surface area contributed by atoms with Crippen molar-refractivity contribution in [1.82, 2.24) is 15.1 Å². The first-order valence-electron chi connectivity index (χ1n) is 13.9. The fourth-order valence-electron chi connectivity index (χ4n) is 6.72. The molecule has 0 aliphatic carbocycles. The van der Waals surface area contributed by atoms with E-state index in [4.69, 9.17) is 0 Å². The van der Waals surface area contributed by atoms with Gasteiger partial charge in [-0.05, 0) is 48.3 Å². The van der Waals surface area contributed by atoms with E-state index in [-0.39, 0.29) is 48.7 Å². The van der Waals surface area contributed by atoms with Crippen LogP contribution in [0.25, 0.3) is 0 Å². The van der Waals surface area contributed by atoms with Crippen LogP contribution in [0.4, 0.5) is 4.39 Å². The lowest BCUT2D eigenvalue weighted by molar-refractivity contribution is -0.146. The average Bonchev–Trinajstić information content (AvgIpc) is 3.43. The van der Waals surface area contributed by atoms with E-state index >= 15 is 0 Å². The highest BCUT2D eigenvalue weighted by Crippen LogP contribution is 2.40. The fraction of sp³-hybridized carbons (Fsp3) is 0.516. The Morgan fingerprint density at radius 2 is 1.45 bits per heavy atom. The number of alkyl halides is 1. The Bertz CT molecular complexity index is 1150. The highest BCUT2D eigenvalue weighted by molar-refractivity contribution is 5.90. The molecule has 7 heteroatoms. The lowest BCUT2D eigenvalue weighted by Crippen LogP contribution is -2.52. The fourth-order valence-corrected chi connectivity index (χ4v) is 6.72. The molecule has 0 radical (unpaired) electrons. The van der Waals surface area contributed by atoms with Crippen molar-refractivity contribution in [2.45, 2.75) is 89.1 Å². The molecule has 2 bridgehead atoms. The van der Waals surface area contributed by atoms with E-state index in [9.17, 15) is 18.8 Å². The summed E-state index contributed by atoms with van der Waals surface area (Å²) in [6, 6.07) is 16.8. The van der Waals surface area contributed by atoms with Crippen molar-refractivity contribution < 1.29 is 18.8 Å². The molecule has 2 aromatic carbocycles. The first-order valence-corrected chi connectivity index (χ1v) is 13.9. The summed E-state index contributed by atoms with van der Waals surface area (Å²) in [7, 11) is 0. The molecule has 5 rings (SSSR count). The lowest BCUT2D eigenvalue weighted by atomic mass is 9.89. The summed E-state index contributed by atoms with van der Waals surface area (Å²) in [5, 5.41) is 3.15. The maximum absolute atomic E-state index is 14.7. The number of amides is 3. The monoisotopic (exact) mass is 519 g/mol. The van der Waals surface area contributed by atoms with E-state index in [1.807, 2.05) is 47.4 Å². The molecule has 6 nitrogen and oxygen atoms in total. The Balaban J connectivity index is 1.34. The summed E-state index contributed by atoms with van der Waals surface area (Å²) in [5.74, 6) is -0.311. The standard InChI is InChI=1S/C31H38FN3O3/c1-19(2)21-9-11-23(12-10-21)29(22-7-5-4-6-8-22)33-30(37)28-17-25(32)18-34(28)31(38)24-15-26-13-14-27(16-24)35(26)20(3)36/h4-12,19,24-29H,13-18H2,1-3H3,(H,33,37)/t24?,25-,26?,27?,28+,29+/m1/s1. The van der Waals surface area contributed by atoms with Crippen LogP contribution in [-0.4, -0.2) is 58.4 Å². The molecule has 38 heavy (non-hydrogen) atoms. The Kier molecular flexibility index (Phi) is 7.55. The quantitative estimate of drug-likeness (QED) is 0.599. The van der Waals surface area contributed by atoms with Gasteiger partial charge in [-0.1, -0.05) is 68.4 Å². The van der Waals surface area contributed by atoms with Crippen LogP contribution in [0.2, 0.25) is 0 Å². The minimum absolute atomic E-state index is 0.00448. The predicted molar refractivity (Wildman–Crippen MR) is 144 cm³/mol. The summed E-state index contributed by atoms with van der Waals surface area (Å²) < 4.78 is 14.7. The third kappa shape index (κ3) is 5.20. The van der Waals surface area contributed by atoms with Crippen molar-refractivity contribution in [3.05, 3.63) is 71.3 Å². The number of hydrogen-bond acceptors (Lipinski definition) is 3. The number of likely N-dealkylation sites (tertiary alicyclic amines) is 1. The molecular weight excluding hydrogens is 481 g/mol. The summed E-state index contributed by atoms with van der Waals surface area (Å²) in [6.45, 7) is 5.81. The first-order chi connectivity index (χ1) is 18.2. The van der Waals surface area contributed by atoms with Gasteiger partial charge in [-0.25, -0.2) is 4.39 Å². The number of fused-ring (bicyclic) bond motifs is 2. The Morgan fingerprint density at radius 3 is 2.03 bits per heavy atom. The van der Waals surface area contributed by atoms with Crippen LogP contribution in [0, 0.1) is 5.92 Å². The Hall–Kier alpha value is -3.22. The van der Waals surface area contributed by atoms with E-state index in [2.05, 4.69) is 31.3 Å². The normalized spacial score (nSPS) is 27.4. The van der Waals surface area contributed by atoms with Crippen molar-refractivity contribution >= 4 is 17.7 Å². The molecule has 5 atom stereocenters. The zero-order valence-corrected chi connectivity index (χ0v) is 22.5. The van der Waals surface area contributed by atoms with Crippen LogP contribution in [0.5, 0.6) is 0 Å². The van der Waals surface area contributed by atoms with Crippen molar-refractivity contribution in [2.75, 3.05) is 6.54 Å². The van der Waals surface area contributed by atoms with Gasteiger partial charge in [0.2, 0.25) is 17.7 Å². The third-order valence-corrected chi connectivity index (χ3v) is 8.64. The second kappa shape index (κ2) is 10.9. The number of rotatable bonds is 6. The molecule has 0 spiro atoms. The van der Waals surface area contributed by atoms with Gasteiger partial charge in [0.25, 0.3) is 0 Å². The maximum Gasteiger partial charge on any atom is 0.243 e. The summed E-state index contributed by atoms with van der Waals surface area (Å²) in [6.07, 6.45) is 1.75. The van der Waals surface area contributed by atoms with Gasteiger partial charge in [-0.2, -0.15) is 0 Å².